The molecule has 1 heterocycles. The lowest BCUT2D eigenvalue weighted by atomic mass is 10.1. The van der Waals surface area contributed by atoms with Gasteiger partial charge in [0.05, 0.1) is 19.5 Å². The normalized spacial score (nSPS) is 20.9. The molecule has 0 unspecified atom stereocenters. The average molecular weight is 405 g/mol. The van der Waals surface area contributed by atoms with Crippen molar-refractivity contribution in [2.75, 3.05) is 0 Å². The highest BCUT2D eigenvalue weighted by Crippen LogP contribution is 2.33. The molecule has 0 saturated heterocycles. The molecule has 148 valence electrons. The van der Waals surface area contributed by atoms with Crippen LogP contribution in [0.5, 0.6) is 0 Å². The molecular formula is C25H24O3S. The van der Waals surface area contributed by atoms with Crippen molar-refractivity contribution >= 4 is 11.8 Å². The number of ether oxygens (including phenoxy) is 3. The summed E-state index contributed by atoms with van der Waals surface area (Å²) in [5, 5.41) is 0. The Hall–Kier alpha value is -2.53. The monoisotopic (exact) mass is 404 g/mol. The van der Waals surface area contributed by atoms with Crippen LogP contribution in [0.4, 0.5) is 0 Å². The molecule has 0 fully saturated rings. The van der Waals surface area contributed by atoms with Crippen LogP contribution in [-0.4, -0.2) is 17.6 Å². The Labute approximate surface area is 176 Å². The first-order valence-corrected chi connectivity index (χ1v) is 10.6. The van der Waals surface area contributed by atoms with Crippen LogP contribution in [0.25, 0.3) is 0 Å². The van der Waals surface area contributed by atoms with Crippen LogP contribution in [0.2, 0.25) is 0 Å². The van der Waals surface area contributed by atoms with E-state index in [-0.39, 0.29) is 17.6 Å². The first-order valence-electron chi connectivity index (χ1n) is 9.73. The second-order valence-electron chi connectivity index (χ2n) is 6.79. The molecule has 0 aromatic heterocycles. The van der Waals surface area contributed by atoms with Gasteiger partial charge in [0, 0.05) is 4.90 Å². The molecule has 3 aromatic rings. The maximum absolute atomic E-state index is 6.33. The highest BCUT2D eigenvalue weighted by atomic mass is 32.2. The molecule has 0 aliphatic carbocycles. The number of hydrogen-bond donors (Lipinski definition) is 0. The minimum atomic E-state index is -0.228. The fourth-order valence-corrected chi connectivity index (χ4v) is 4.20. The lowest BCUT2D eigenvalue weighted by molar-refractivity contribution is -0.106. The SMILES string of the molecule is C1=C[C@H](OCc2ccccc2)[C@@H](OCc2ccccc2)[C@H](Sc2ccccc2)O1. The van der Waals surface area contributed by atoms with E-state index >= 15 is 0 Å². The van der Waals surface area contributed by atoms with E-state index in [2.05, 4.69) is 36.4 Å². The van der Waals surface area contributed by atoms with E-state index in [0.29, 0.717) is 13.2 Å². The Kier molecular flexibility index (Phi) is 7.03. The molecule has 0 amide bonds. The topological polar surface area (TPSA) is 27.7 Å². The molecule has 0 N–H and O–H groups in total. The van der Waals surface area contributed by atoms with E-state index in [9.17, 15) is 0 Å². The summed E-state index contributed by atoms with van der Waals surface area (Å²) in [6.45, 7) is 1.05. The lowest BCUT2D eigenvalue weighted by Crippen LogP contribution is -2.42. The minimum absolute atomic E-state index is 0.186. The number of rotatable bonds is 8. The predicted molar refractivity (Wildman–Crippen MR) is 116 cm³/mol. The van der Waals surface area contributed by atoms with Gasteiger partial charge < -0.3 is 14.2 Å². The molecule has 29 heavy (non-hydrogen) atoms. The quantitative estimate of drug-likeness (QED) is 0.473. The van der Waals surface area contributed by atoms with Crippen molar-refractivity contribution in [2.24, 2.45) is 0 Å². The zero-order valence-electron chi connectivity index (χ0n) is 16.1. The van der Waals surface area contributed by atoms with E-state index in [1.54, 1.807) is 18.0 Å². The van der Waals surface area contributed by atoms with E-state index < -0.39 is 0 Å². The first kappa shape index (κ1) is 19.8. The van der Waals surface area contributed by atoms with Crippen molar-refractivity contribution in [3.8, 4) is 0 Å². The minimum Gasteiger partial charge on any atom is -0.484 e. The summed E-state index contributed by atoms with van der Waals surface area (Å²) >= 11 is 1.65. The predicted octanol–water partition coefficient (Wildman–Crippen LogP) is 5.82. The Bertz CT molecular complexity index is 884. The molecule has 4 heteroatoms. The second kappa shape index (κ2) is 10.3. The standard InChI is InChI=1S/C25H24O3S/c1-4-10-20(11-5-1)18-27-23-16-17-26-25(29-22-14-8-3-9-15-22)24(23)28-19-21-12-6-2-7-13-21/h1-17,23-25H,18-19H2/t23-,24+,25-/m0/s1. The van der Waals surface area contributed by atoms with Gasteiger partial charge >= 0.3 is 0 Å². The molecule has 1 aliphatic heterocycles. The zero-order valence-corrected chi connectivity index (χ0v) is 16.9. The van der Waals surface area contributed by atoms with Crippen LogP contribution >= 0.6 is 11.8 Å². The van der Waals surface area contributed by atoms with Gasteiger partial charge in [-0.1, -0.05) is 90.6 Å². The smallest absolute Gasteiger partial charge is 0.176 e. The Morgan fingerprint density at radius 1 is 0.690 bits per heavy atom. The summed E-state index contributed by atoms with van der Waals surface area (Å²) in [7, 11) is 0. The van der Waals surface area contributed by atoms with Crippen LogP contribution < -0.4 is 0 Å². The van der Waals surface area contributed by atoms with Crippen LogP contribution in [0.15, 0.2) is 108 Å². The van der Waals surface area contributed by atoms with Crippen LogP contribution in [0.3, 0.4) is 0 Å². The molecule has 3 nitrogen and oxygen atoms in total. The van der Waals surface area contributed by atoms with E-state index in [1.807, 2.05) is 60.7 Å². The fourth-order valence-electron chi connectivity index (χ4n) is 3.13. The summed E-state index contributed by atoms with van der Waals surface area (Å²) in [6.07, 6.45) is 3.27. The molecule has 0 spiro atoms. The van der Waals surface area contributed by atoms with Gasteiger partial charge in [0.1, 0.15) is 12.2 Å². The molecule has 3 aromatic carbocycles. The molecular weight excluding hydrogens is 380 g/mol. The van der Waals surface area contributed by atoms with Crippen molar-refractivity contribution in [1.29, 1.82) is 0 Å². The third-order valence-corrected chi connectivity index (χ3v) is 5.79. The summed E-state index contributed by atoms with van der Waals surface area (Å²) in [6, 6.07) is 30.6. The maximum atomic E-state index is 6.33. The summed E-state index contributed by atoms with van der Waals surface area (Å²) in [5.74, 6) is 0. The second-order valence-corrected chi connectivity index (χ2v) is 7.96. The van der Waals surface area contributed by atoms with Crippen LogP contribution in [0, 0.1) is 0 Å². The number of hydrogen-bond acceptors (Lipinski definition) is 4. The lowest BCUT2D eigenvalue weighted by Gasteiger charge is -2.34. The maximum Gasteiger partial charge on any atom is 0.176 e. The van der Waals surface area contributed by atoms with Gasteiger partial charge in [-0.3, -0.25) is 0 Å². The van der Waals surface area contributed by atoms with E-state index in [4.69, 9.17) is 14.2 Å². The van der Waals surface area contributed by atoms with Gasteiger partial charge in [-0.05, 0) is 29.3 Å². The number of benzene rings is 3. The zero-order chi connectivity index (χ0) is 19.7. The highest BCUT2D eigenvalue weighted by Gasteiger charge is 2.35. The highest BCUT2D eigenvalue weighted by molar-refractivity contribution is 7.99. The van der Waals surface area contributed by atoms with Gasteiger partial charge in [0.15, 0.2) is 5.44 Å². The molecule has 0 saturated carbocycles. The van der Waals surface area contributed by atoms with Crippen LogP contribution in [0.1, 0.15) is 11.1 Å². The number of thioether (sulfide) groups is 1. The summed E-state index contributed by atoms with van der Waals surface area (Å²) in [5.41, 5.74) is 2.08. The van der Waals surface area contributed by atoms with Gasteiger partial charge in [-0.15, -0.1) is 0 Å². The van der Waals surface area contributed by atoms with E-state index in [0.717, 1.165) is 16.0 Å². The molecule has 0 radical (unpaired) electrons. The Balaban J connectivity index is 1.47. The molecule has 1 aliphatic rings. The third-order valence-electron chi connectivity index (χ3n) is 4.64. The van der Waals surface area contributed by atoms with Gasteiger partial charge in [-0.2, -0.15) is 0 Å². The largest absolute Gasteiger partial charge is 0.484 e. The summed E-state index contributed by atoms with van der Waals surface area (Å²) in [4.78, 5) is 1.14. The van der Waals surface area contributed by atoms with Crippen molar-refractivity contribution in [3.05, 3.63) is 114 Å². The van der Waals surface area contributed by atoms with Crippen molar-refractivity contribution in [2.45, 2.75) is 35.8 Å². The average Bonchev–Trinajstić information content (AvgIpc) is 2.79. The van der Waals surface area contributed by atoms with Crippen molar-refractivity contribution in [1.82, 2.24) is 0 Å². The van der Waals surface area contributed by atoms with Crippen molar-refractivity contribution < 1.29 is 14.2 Å². The summed E-state index contributed by atoms with van der Waals surface area (Å²) < 4.78 is 18.5. The van der Waals surface area contributed by atoms with Gasteiger partial charge in [0.25, 0.3) is 0 Å². The Morgan fingerprint density at radius 2 is 1.24 bits per heavy atom. The first-order chi connectivity index (χ1) is 14.4. The van der Waals surface area contributed by atoms with Crippen LogP contribution in [-0.2, 0) is 27.4 Å². The Morgan fingerprint density at radius 3 is 1.86 bits per heavy atom. The molecule has 3 atom stereocenters. The molecule has 4 rings (SSSR count). The molecule has 0 bridgehead atoms. The third kappa shape index (κ3) is 5.73. The van der Waals surface area contributed by atoms with Crippen molar-refractivity contribution in [3.63, 3.8) is 0 Å². The van der Waals surface area contributed by atoms with Gasteiger partial charge in [-0.25, -0.2) is 0 Å². The van der Waals surface area contributed by atoms with Gasteiger partial charge in [0.2, 0.25) is 0 Å². The van der Waals surface area contributed by atoms with E-state index in [1.165, 1.54) is 0 Å². The fraction of sp³-hybridized carbons (Fsp3) is 0.200.